The van der Waals surface area contributed by atoms with Crippen LogP contribution in [0.1, 0.15) is 15.9 Å². The number of rotatable bonds is 3. The molecule has 0 aromatic heterocycles. The van der Waals surface area contributed by atoms with Crippen LogP contribution in [0.5, 0.6) is 5.75 Å². The predicted molar refractivity (Wildman–Crippen MR) is 84.2 cm³/mol. The fraction of sp³-hybridized carbons (Fsp3) is 0. The lowest BCUT2D eigenvalue weighted by atomic mass is 10.1. The summed E-state index contributed by atoms with van der Waals surface area (Å²) >= 11 is 11.8. The van der Waals surface area contributed by atoms with Gasteiger partial charge >= 0.3 is 0 Å². The van der Waals surface area contributed by atoms with Crippen molar-refractivity contribution in [3.8, 4) is 5.75 Å². The predicted octanol–water partition coefficient (Wildman–Crippen LogP) is 3.96. The quantitative estimate of drug-likeness (QED) is 0.688. The number of halogens is 2. The fourth-order valence-corrected chi connectivity index (χ4v) is 2.15. The Morgan fingerprint density at radius 1 is 1.10 bits per heavy atom. The molecule has 0 aliphatic rings. The van der Waals surface area contributed by atoms with Crippen LogP contribution in [0.25, 0.3) is 6.08 Å². The first-order valence-electron chi connectivity index (χ1n) is 5.99. The Hall–Kier alpha value is -2.10. The van der Waals surface area contributed by atoms with Crippen LogP contribution in [0.2, 0.25) is 10.0 Å². The van der Waals surface area contributed by atoms with E-state index in [1.54, 1.807) is 18.2 Å². The van der Waals surface area contributed by atoms with Crippen molar-refractivity contribution < 1.29 is 9.90 Å². The molecule has 0 saturated heterocycles. The molecule has 5 heteroatoms. The van der Waals surface area contributed by atoms with Gasteiger partial charge in [0.15, 0.2) is 11.5 Å². The van der Waals surface area contributed by atoms with Crippen molar-refractivity contribution in [3.05, 3.63) is 79.9 Å². The highest BCUT2D eigenvalue weighted by Crippen LogP contribution is 2.22. The van der Waals surface area contributed by atoms with E-state index in [9.17, 15) is 14.7 Å². The number of carbonyl (C=O) groups excluding carboxylic acids is 1. The number of aromatic hydroxyl groups is 1. The Bertz CT molecular complexity index is 783. The zero-order valence-corrected chi connectivity index (χ0v) is 12.2. The summed E-state index contributed by atoms with van der Waals surface area (Å²) in [6.07, 6.45) is 2.74. The van der Waals surface area contributed by atoms with Gasteiger partial charge in [-0.3, -0.25) is 9.59 Å². The smallest absolute Gasteiger partial charge is 0.220 e. The molecular weight excluding hydrogens is 311 g/mol. The van der Waals surface area contributed by atoms with E-state index in [0.717, 1.165) is 0 Å². The SMILES string of the molecule is O=C(/C=C\c1ccc(Cl)cc1Cl)c1ccccc(=O)c1O. The first kappa shape index (κ1) is 15.3. The minimum atomic E-state index is -0.610. The molecule has 21 heavy (non-hydrogen) atoms. The highest BCUT2D eigenvalue weighted by atomic mass is 35.5. The molecule has 0 unspecified atom stereocenters. The van der Waals surface area contributed by atoms with Gasteiger partial charge in [-0.1, -0.05) is 41.4 Å². The topological polar surface area (TPSA) is 54.4 Å². The van der Waals surface area contributed by atoms with Crippen molar-refractivity contribution in [1.29, 1.82) is 0 Å². The van der Waals surface area contributed by atoms with Crippen LogP contribution >= 0.6 is 23.2 Å². The van der Waals surface area contributed by atoms with Crippen LogP contribution in [0.15, 0.2) is 53.3 Å². The van der Waals surface area contributed by atoms with Gasteiger partial charge in [-0.2, -0.15) is 0 Å². The average molecular weight is 321 g/mol. The van der Waals surface area contributed by atoms with Gasteiger partial charge in [0.1, 0.15) is 0 Å². The maximum Gasteiger partial charge on any atom is 0.220 e. The van der Waals surface area contributed by atoms with Gasteiger partial charge < -0.3 is 5.11 Å². The number of hydrogen-bond donors (Lipinski definition) is 1. The van der Waals surface area contributed by atoms with E-state index in [0.29, 0.717) is 15.6 Å². The zero-order valence-electron chi connectivity index (χ0n) is 10.7. The van der Waals surface area contributed by atoms with E-state index >= 15 is 0 Å². The lowest BCUT2D eigenvalue weighted by Crippen LogP contribution is -2.01. The number of benzene rings is 1. The van der Waals surface area contributed by atoms with Crippen LogP contribution in [-0.4, -0.2) is 10.9 Å². The molecule has 0 saturated carbocycles. The molecule has 0 spiro atoms. The molecule has 3 nitrogen and oxygen atoms in total. The third-order valence-electron chi connectivity index (χ3n) is 2.75. The van der Waals surface area contributed by atoms with E-state index in [-0.39, 0.29) is 5.56 Å². The van der Waals surface area contributed by atoms with E-state index in [1.807, 2.05) is 0 Å². The summed E-state index contributed by atoms with van der Waals surface area (Å²) in [5.74, 6) is -1.07. The Morgan fingerprint density at radius 2 is 1.81 bits per heavy atom. The van der Waals surface area contributed by atoms with Crippen molar-refractivity contribution in [2.24, 2.45) is 0 Å². The van der Waals surface area contributed by atoms with E-state index < -0.39 is 17.0 Å². The van der Waals surface area contributed by atoms with Crippen LogP contribution in [0.4, 0.5) is 0 Å². The number of carbonyl (C=O) groups is 1. The Labute approximate surface area is 131 Å². The Kier molecular flexibility index (Phi) is 4.78. The first-order chi connectivity index (χ1) is 9.99. The van der Waals surface area contributed by atoms with Crippen molar-refractivity contribution >= 4 is 35.1 Å². The second-order valence-corrected chi connectivity index (χ2v) is 5.05. The Morgan fingerprint density at radius 3 is 2.52 bits per heavy atom. The first-order valence-corrected chi connectivity index (χ1v) is 6.74. The molecule has 0 fully saturated rings. The van der Waals surface area contributed by atoms with E-state index in [1.165, 1.54) is 36.4 Å². The summed E-state index contributed by atoms with van der Waals surface area (Å²) in [5.41, 5.74) is -0.0656. The van der Waals surface area contributed by atoms with Crippen LogP contribution < -0.4 is 5.43 Å². The minimum absolute atomic E-state index is 0.0636. The summed E-state index contributed by atoms with van der Waals surface area (Å²) in [6, 6.07) is 10.4. The molecule has 2 rings (SSSR count). The minimum Gasteiger partial charge on any atom is -0.504 e. The van der Waals surface area contributed by atoms with Gasteiger partial charge in [0.2, 0.25) is 5.43 Å². The molecule has 0 atom stereocenters. The van der Waals surface area contributed by atoms with Gasteiger partial charge in [-0.05, 0) is 42.0 Å². The van der Waals surface area contributed by atoms with Crippen LogP contribution in [-0.2, 0) is 0 Å². The number of ketones is 1. The lowest BCUT2D eigenvalue weighted by molar-refractivity contribution is 0.104. The van der Waals surface area contributed by atoms with E-state index in [2.05, 4.69) is 0 Å². The van der Waals surface area contributed by atoms with Gasteiger partial charge in [0.05, 0.1) is 5.56 Å². The summed E-state index contributed by atoms with van der Waals surface area (Å²) in [5, 5.41) is 10.6. The van der Waals surface area contributed by atoms with Crippen molar-refractivity contribution in [2.75, 3.05) is 0 Å². The van der Waals surface area contributed by atoms with Crippen molar-refractivity contribution in [1.82, 2.24) is 0 Å². The lowest BCUT2D eigenvalue weighted by Gasteiger charge is -1.99. The van der Waals surface area contributed by atoms with Gasteiger partial charge in [-0.25, -0.2) is 0 Å². The summed E-state index contributed by atoms with van der Waals surface area (Å²) in [7, 11) is 0. The summed E-state index contributed by atoms with van der Waals surface area (Å²) in [4.78, 5) is 23.5. The summed E-state index contributed by atoms with van der Waals surface area (Å²) in [6.45, 7) is 0. The molecule has 0 aliphatic heterocycles. The second kappa shape index (κ2) is 6.57. The fourth-order valence-electron chi connectivity index (χ4n) is 1.68. The third-order valence-corrected chi connectivity index (χ3v) is 3.31. The highest BCUT2D eigenvalue weighted by molar-refractivity contribution is 6.35. The maximum absolute atomic E-state index is 12.1. The monoisotopic (exact) mass is 320 g/mol. The van der Waals surface area contributed by atoms with Crippen molar-refractivity contribution in [2.45, 2.75) is 0 Å². The molecule has 0 aliphatic carbocycles. The molecule has 1 N–H and O–H groups in total. The van der Waals surface area contributed by atoms with Gasteiger partial charge in [0.25, 0.3) is 0 Å². The molecule has 2 aromatic rings. The summed E-state index contributed by atoms with van der Waals surface area (Å²) < 4.78 is 0. The maximum atomic E-state index is 12.1. The largest absolute Gasteiger partial charge is 0.504 e. The number of hydrogen-bond acceptors (Lipinski definition) is 3. The standard InChI is InChI=1S/C16H10Cl2O3/c17-11-7-5-10(13(18)9-11)6-8-14(19)12-3-1-2-4-15(20)16(12)21/h1-9H,(H,20,21)/b8-6-. The highest BCUT2D eigenvalue weighted by Gasteiger charge is 2.09. The zero-order chi connectivity index (χ0) is 15.4. The molecule has 0 radical (unpaired) electrons. The second-order valence-electron chi connectivity index (χ2n) is 4.21. The van der Waals surface area contributed by atoms with E-state index in [4.69, 9.17) is 23.2 Å². The molecule has 0 bridgehead atoms. The van der Waals surface area contributed by atoms with Crippen LogP contribution in [0, 0.1) is 0 Å². The Balaban J connectivity index is 2.35. The molecular formula is C16H10Cl2O3. The number of allylic oxidation sites excluding steroid dienone is 1. The molecule has 0 heterocycles. The normalized spacial score (nSPS) is 10.8. The van der Waals surface area contributed by atoms with Gasteiger partial charge in [-0.15, -0.1) is 0 Å². The van der Waals surface area contributed by atoms with Gasteiger partial charge in [0, 0.05) is 10.0 Å². The van der Waals surface area contributed by atoms with Crippen LogP contribution in [0.3, 0.4) is 0 Å². The average Bonchev–Trinajstić information content (AvgIpc) is 2.60. The third kappa shape index (κ3) is 3.72. The van der Waals surface area contributed by atoms with Crippen molar-refractivity contribution in [3.63, 3.8) is 0 Å². The molecule has 106 valence electrons. The molecule has 2 aromatic carbocycles. The molecule has 0 amide bonds.